The molecule has 0 saturated heterocycles. The van der Waals surface area contributed by atoms with Crippen molar-refractivity contribution in [3.05, 3.63) is 137 Å². The van der Waals surface area contributed by atoms with Crippen LogP contribution in [0, 0.1) is 0 Å². The van der Waals surface area contributed by atoms with E-state index in [1.54, 1.807) is 81.4 Å². The van der Waals surface area contributed by atoms with E-state index in [1.165, 1.54) is 39.0 Å². The number of esters is 4. The van der Waals surface area contributed by atoms with Crippen LogP contribution in [0.5, 0.6) is 5.75 Å². The predicted octanol–water partition coefficient (Wildman–Crippen LogP) is 6.68. The fourth-order valence-corrected chi connectivity index (χ4v) is 7.86. The number of carboxylic acid groups (broad SMARTS) is 1. The van der Waals surface area contributed by atoms with E-state index in [-0.39, 0.29) is 101 Å². The van der Waals surface area contributed by atoms with Crippen molar-refractivity contribution in [2.45, 2.75) is 63.8 Å². The quantitative estimate of drug-likeness (QED) is 0.0170. The Labute approximate surface area is 418 Å². The highest BCUT2D eigenvalue weighted by Gasteiger charge is 2.35. The number of benzene rings is 3. The van der Waals surface area contributed by atoms with E-state index in [9.17, 15) is 43.5 Å². The average molecular weight is 1000 g/mol. The number of H-pyrrole nitrogens is 1. The fraction of sp³-hybridized carbons (Fsp3) is 0.250. The summed E-state index contributed by atoms with van der Waals surface area (Å²) >= 11 is 0.958. The summed E-state index contributed by atoms with van der Waals surface area (Å²) in [5.74, 6) is -6.03. The molecule has 2 amide bonds. The molecule has 0 bridgehead atoms. The molecule has 376 valence electrons. The van der Waals surface area contributed by atoms with Crippen molar-refractivity contribution in [3.63, 3.8) is 0 Å². The molecule has 1 aliphatic heterocycles. The Bertz CT molecular complexity index is 2840. The highest BCUT2D eigenvalue weighted by Crippen LogP contribution is 2.40. The van der Waals surface area contributed by atoms with Crippen molar-refractivity contribution in [2.24, 2.45) is 4.99 Å². The first-order chi connectivity index (χ1) is 34.4. The van der Waals surface area contributed by atoms with E-state index < -0.39 is 59.0 Å². The van der Waals surface area contributed by atoms with E-state index in [0.717, 1.165) is 17.8 Å². The van der Waals surface area contributed by atoms with Gasteiger partial charge in [0.15, 0.2) is 0 Å². The lowest BCUT2D eigenvalue weighted by Crippen LogP contribution is -2.51. The van der Waals surface area contributed by atoms with Crippen molar-refractivity contribution in [2.75, 3.05) is 31.7 Å². The fourth-order valence-electron chi connectivity index (χ4n) is 6.91. The number of ether oxygens (including phenoxy) is 5. The van der Waals surface area contributed by atoms with Gasteiger partial charge in [-0.05, 0) is 76.9 Å². The molecule has 3 aromatic carbocycles. The SMILES string of the molecule is C=C(C)C(=O)OCC(COC(=O)C(=C)C)NC(C)C(=O)NC1=N/C(=C\c2[nH]c(NC(=O)C(C)Sc3cc(OC=O)cc(C(=O)O)c3)c(C(=O)OCC)c2-c2ccccc2)C(c2ccccc2)=C1C(=O)OCC. The molecule has 0 saturated carbocycles. The molecule has 0 radical (unpaired) electrons. The summed E-state index contributed by atoms with van der Waals surface area (Å²) in [5.41, 5.74) is 1.66. The number of anilines is 1. The molecule has 5 rings (SSSR count). The second-order valence-electron chi connectivity index (χ2n) is 15.9. The topological polar surface area (TPSA) is 267 Å². The Balaban J connectivity index is 1.63. The lowest BCUT2D eigenvalue weighted by atomic mass is 9.96. The van der Waals surface area contributed by atoms with Crippen LogP contribution in [-0.2, 0) is 47.7 Å². The van der Waals surface area contributed by atoms with Crippen LogP contribution in [-0.4, -0.2) is 108 Å². The van der Waals surface area contributed by atoms with Crippen LogP contribution in [0.15, 0.2) is 124 Å². The van der Waals surface area contributed by atoms with Crippen molar-refractivity contribution < 1.29 is 67.1 Å². The zero-order chi connectivity index (χ0) is 52.6. The Kier molecular flexibility index (Phi) is 19.3. The summed E-state index contributed by atoms with van der Waals surface area (Å²) in [6.07, 6.45) is 1.54. The van der Waals surface area contributed by atoms with Gasteiger partial charge in [0.25, 0.3) is 6.47 Å². The minimum Gasteiger partial charge on any atom is -0.478 e. The average Bonchev–Trinajstić information content (AvgIpc) is 3.89. The molecule has 0 spiro atoms. The first kappa shape index (κ1) is 54.6. The number of allylic oxidation sites excluding steroid dienone is 1. The summed E-state index contributed by atoms with van der Waals surface area (Å²) in [6.45, 7) is 15.8. The van der Waals surface area contributed by atoms with Gasteiger partial charge in [-0.2, -0.15) is 0 Å². The molecule has 1 aliphatic rings. The van der Waals surface area contributed by atoms with Crippen LogP contribution >= 0.6 is 11.8 Å². The van der Waals surface area contributed by atoms with Crippen LogP contribution in [0.1, 0.15) is 73.5 Å². The molecule has 20 heteroatoms. The summed E-state index contributed by atoms with van der Waals surface area (Å²) < 4.78 is 26.6. The molecule has 1 aromatic heterocycles. The minimum absolute atomic E-state index is 0.0378. The molecule has 2 heterocycles. The number of aliphatic imine (C=N–C) groups is 1. The molecule has 5 N–H and O–H groups in total. The molecule has 0 aliphatic carbocycles. The van der Waals surface area contributed by atoms with Crippen LogP contribution in [0.4, 0.5) is 5.82 Å². The normalized spacial score (nSPS) is 13.3. The third-order valence-electron chi connectivity index (χ3n) is 10.3. The Morgan fingerprint density at radius 3 is 1.92 bits per heavy atom. The number of carbonyl (C=O) groups is 8. The van der Waals surface area contributed by atoms with E-state index in [2.05, 4.69) is 34.1 Å². The van der Waals surface area contributed by atoms with Gasteiger partial charge in [0.2, 0.25) is 11.8 Å². The van der Waals surface area contributed by atoms with Crippen LogP contribution in [0.2, 0.25) is 0 Å². The van der Waals surface area contributed by atoms with E-state index in [4.69, 9.17) is 28.7 Å². The Morgan fingerprint density at radius 1 is 0.778 bits per heavy atom. The molecule has 2 unspecified atom stereocenters. The number of aromatic carboxylic acids is 1. The van der Waals surface area contributed by atoms with Crippen LogP contribution < -0.4 is 20.7 Å². The van der Waals surface area contributed by atoms with E-state index in [0.29, 0.717) is 16.0 Å². The minimum atomic E-state index is -1.29. The van der Waals surface area contributed by atoms with Crippen molar-refractivity contribution in [3.8, 4) is 16.9 Å². The number of nitrogens with zero attached hydrogens (tertiary/aromatic N) is 1. The standard InChI is InChI=1S/C52H53N5O14S/c1-9-67-51(65)42-40(32-17-13-11-14-18-32)38(54-44(42)56-46(59)30(7)53-35(25-69-49(63)28(3)4)26-70-50(64)29(5)6)24-39-41(33-19-15-12-16-20-33)43(52(66)68-10-2)45(55-39)57-47(60)31(8)72-37-22-34(48(61)62)21-36(23-37)71-27-58/h11-24,27,30-31,35,53,55H,3,5,9-10,25-26H2,1-2,4,6-8H3,(H,57,60)(H,61,62)(H,54,56,59)/b38-24-. The third kappa shape index (κ3) is 14.1. The number of carboxylic acids is 1. The molecule has 0 fully saturated rings. The molecular weight excluding hydrogens is 951 g/mol. The zero-order valence-electron chi connectivity index (χ0n) is 40.2. The number of amidine groups is 1. The number of thioether (sulfide) groups is 1. The molecular formula is C52H53N5O14S. The van der Waals surface area contributed by atoms with E-state index >= 15 is 0 Å². The van der Waals surface area contributed by atoms with Gasteiger partial charge in [-0.25, -0.2) is 29.0 Å². The third-order valence-corrected chi connectivity index (χ3v) is 11.3. The maximum absolute atomic E-state index is 14.1. The number of amides is 2. The van der Waals surface area contributed by atoms with Crippen LogP contribution in [0.3, 0.4) is 0 Å². The van der Waals surface area contributed by atoms with Gasteiger partial charge in [-0.1, -0.05) is 73.8 Å². The van der Waals surface area contributed by atoms with Crippen molar-refractivity contribution in [1.82, 2.24) is 15.6 Å². The number of aromatic amines is 1. The van der Waals surface area contributed by atoms with Crippen molar-refractivity contribution >= 4 is 83.2 Å². The molecule has 19 nitrogen and oxygen atoms in total. The lowest BCUT2D eigenvalue weighted by molar-refractivity contribution is -0.143. The van der Waals surface area contributed by atoms with Crippen molar-refractivity contribution in [1.29, 1.82) is 0 Å². The first-order valence-electron chi connectivity index (χ1n) is 22.3. The van der Waals surface area contributed by atoms with Gasteiger partial charge in [0.1, 0.15) is 41.8 Å². The monoisotopic (exact) mass is 1000 g/mol. The number of rotatable bonds is 23. The molecule has 2 atom stereocenters. The maximum Gasteiger partial charge on any atom is 0.342 e. The van der Waals surface area contributed by atoms with Gasteiger partial charge in [-0.3, -0.25) is 19.7 Å². The summed E-state index contributed by atoms with van der Waals surface area (Å²) in [4.78, 5) is 112. The highest BCUT2D eigenvalue weighted by atomic mass is 32.2. The number of carbonyl (C=O) groups excluding carboxylic acids is 7. The van der Waals surface area contributed by atoms with Gasteiger partial charge >= 0.3 is 29.8 Å². The predicted molar refractivity (Wildman–Crippen MR) is 268 cm³/mol. The maximum atomic E-state index is 14.1. The first-order valence-corrected chi connectivity index (χ1v) is 23.2. The number of hydrogen-bond acceptors (Lipinski definition) is 16. The second-order valence-corrected chi connectivity index (χ2v) is 17.3. The smallest absolute Gasteiger partial charge is 0.342 e. The van der Waals surface area contributed by atoms with Gasteiger partial charge in [0, 0.05) is 27.2 Å². The van der Waals surface area contributed by atoms with Crippen LogP contribution in [0.25, 0.3) is 22.8 Å². The second kappa shape index (κ2) is 25.5. The Hall–Kier alpha value is -8.36. The lowest BCUT2D eigenvalue weighted by Gasteiger charge is -2.23. The number of nitrogens with one attached hydrogen (secondary N) is 4. The van der Waals surface area contributed by atoms with Gasteiger partial charge in [0.05, 0.1) is 47.5 Å². The van der Waals surface area contributed by atoms with E-state index in [1.807, 2.05) is 0 Å². The summed E-state index contributed by atoms with van der Waals surface area (Å²) in [6, 6.07) is 19.3. The largest absolute Gasteiger partial charge is 0.478 e. The van der Waals surface area contributed by atoms with Gasteiger partial charge < -0.3 is 44.4 Å². The summed E-state index contributed by atoms with van der Waals surface area (Å²) in [7, 11) is 0. The highest BCUT2D eigenvalue weighted by molar-refractivity contribution is 8.00. The molecule has 4 aromatic rings. The molecule has 72 heavy (non-hydrogen) atoms. The zero-order valence-corrected chi connectivity index (χ0v) is 41.1. The number of hydrogen-bond donors (Lipinski definition) is 5. The van der Waals surface area contributed by atoms with Gasteiger partial charge in [-0.15, -0.1) is 11.8 Å². The number of aromatic nitrogens is 1. The Morgan fingerprint density at radius 2 is 1.36 bits per heavy atom. The summed E-state index contributed by atoms with van der Waals surface area (Å²) in [5, 5.41) is 17.2.